The van der Waals surface area contributed by atoms with Crippen LogP contribution in [0.15, 0.2) is 59.7 Å². The Morgan fingerprint density at radius 2 is 1.93 bits per heavy atom. The van der Waals surface area contributed by atoms with E-state index in [4.69, 9.17) is 0 Å². The van der Waals surface area contributed by atoms with E-state index < -0.39 is 0 Å². The van der Waals surface area contributed by atoms with Gasteiger partial charge in [0.15, 0.2) is 5.96 Å². The van der Waals surface area contributed by atoms with Gasteiger partial charge < -0.3 is 20.6 Å². The molecule has 0 unspecified atom stereocenters. The fourth-order valence-corrected chi connectivity index (χ4v) is 3.31. The van der Waals surface area contributed by atoms with Gasteiger partial charge in [-0.3, -0.25) is 4.99 Å². The van der Waals surface area contributed by atoms with Crippen LogP contribution >= 0.6 is 24.0 Å². The highest BCUT2D eigenvalue weighted by Crippen LogP contribution is 2.19. The normalized spacial score (nSPS) is 11.6. The molecule has 4 rings (SSSR count). The molecule has 0 saturated heterocycles. The van der Waals surface area contributed by atoms with Crippen LogP contribution in [0.4, 0.5) is 4.39 Å². The lowest BCUT2D eigenvalue weighted by Crippen LogP contribution is -2.37. The Hall–Kier alpha value is -2.55. The Labute approximate surface area is 179 Å². The minimum Gasteiger partial charge on any atom is -0.361 e. The number of para-hydroxylation sites is 1. The second-order valence-electron chi connectivity index (χ2n) is 6.49. The smallest absolute Gasteiger partial charge is 0.191 e. The van der Waals surface area contributed by atoms with Crippen LogP contribution in [0.1, 0.15) is 11.3 Å². The lowest BCUT2D eigenvalue weighted by atomic mass is 10.1. The SMILES string of the molecule is CN=C(NCCc1c[nH]c2cc(F)ccc12)NCc1cc2ccccc2[nH]1.I. The van der Waals surface area contributed by atoms with E-state index in [0.29, 0.717) is 6.54 Å². The van der Waals surface area contributed by atoms with Gasteiger partial charge in [0.25, 0.3) is 0 Å². The van der Waals surface area contributed by atoms with E-state index in [1.54, 1.807) is 7.05 Å². The summed E-state index contributed by atoms with van der Waals surface area (Å²) < 4.78 is 13.3. The van der Waals surface area contributed by atoms with Gasteiger partial charge in [0.05, 0.1) is 6.54 Å². The van der Waals surface area contributed by atoms with Crippen molar-refractivity contribution >= 4 is 51.7 Å². The number of halogens is 2. The Bertz CT molecular complexity index is 1070. The molecule has 146 valence electrons. The van der Waals surface area contributed by atoms with Crippen LogP contribution in [0.3, 0.4) is 0 Å². The average Bonchev–Trinajstić information content (AvgIpc) is 3.27. The predicted molar refractivity (Wildman–Crippen MR) is 124 cm³/mol. The molecule has 2 aromatic carbocycles. The quantitative estimate of drug-likeness (QED) is 0.191. The number of aliphatic imine (C=N–C) groups is 1. The number of aromatic nitrogens is 2. The molecular weight excluding hydrogens is 468 g/mol. The largest absolute Gasteiger partial charge is 0.361 e. The summed E-state index contributed by atoms with van der Waals surface area (Å²) in [5, 5.41) is 8.90. The van der Waals surface area contributed by atoms with Crippen molar-refractivity contribution in [2.24, 2.45) is 4.99 Å². The summed E-state index contributed by atoms with van der Waals surface area (Å²) in [5.74, 6) is 0.523. The molecule has 7 heteroatoms. The number of guanidine groups is 1. The van der Waals surface area contributed by atoms with Crippen LogP contribution in [0, 0.1) is 5.82 Å². The predicted octanol–water partition coefficient (Wildman–Crippen LogP) is 4.31. The first-order valence-corrected chi connectivity index (χ1v) is 8.99. The van der Waals surface area contributed by atoms with E-state index in [-0.39, 0.29) is 29.8 Å². The summed E-state index contributed by atoms with van der Waals surface area (Å²) in [6.07, 6.45) is 2.76. The van der Waals surface area contributed by atoms with Gasteiger partial charge in [-0.15, -0.1) is 24.0 Å². The fourth-order valence-electron chi connectivity index (χ4n) is 3.31. The first-order chi connectivity index (χ1) is 13.2. The minimum absolute atomic E-state index is 0. The van der Waals surface area contributed by atoms with Crippen molar-refractivity contribution in [1.82, 2.24) is 20.6 Å². The number of hydrogen-bond donors (Lipinski definition) is 4. The van der Waals surface area contributed by atoms with Crippen molar-refractivity contribution in [3.8, 4) is 0 Å². The molecule has 0 atom stereocenters. The van der Waals surface area contributed by atoms with Crippen molar-refractivity contribution < 1.29 is 4.39 Å². The van der Waals surface area contributed by atoms with E-state index in [1.165, 1.54) is 17.5 Å². The molecule has 28 heavy (non-hydrogen) atoms. The molecule has 0 radical (unpaired) electrons. The number of rotatable bonds is 5. The molecule has 0 saturated carbocycles. The molecule has 4 N–H and O–H groups in total. The summed E-state index contributed by atoms with van der Waals surface area (Å²) in [4.78, 5) is 10.8. The third-order valence-corrected chi connectivity index (χ3v) is 4.67. The van der Waals surface area contributed by atoms with Crippen LogP contribution < -0.4 is 10.6 Å². The summed E-state index contributed by atoms with van der Waals surface area (Å²) in [5.41, 5.74) is 4.22. The van der Waals surface area contributed by atoms with Gasteiger partial charge in [0.2, 0.25) is 0 Å². The number of aromatic amines is 2. The second kappa shape index (κ2) is 9.09. The minimum atomic E-state index is -0.226. The van der Waals surface area contributed by atoms with E-state index in [2.05, 4.69) is 43.8 Å². The third-order valence-electron chi connectivity index (χ3n) is 4.67. The number of H-pyrrole nitrogens is 2. The Kier molecular flexibility index (Phi) is 6.56. The average molecular weight is 491 g/mol. The fraction of sp³-hybridized carbons (Fsp3) is 0.190. The number of nitrogens with zero attached hydrogens (tertiary/aromatic N) is 1. The number of nitrogens with one attached hydrogen (secondary N) is 4. The topological polar surface area (TPSA) is 68.0 Å². The lowest BCUT2D eigenvalue weighted by Gasteiger charge is -2.11. The third kappa shape index (κ3) is 4.46. The summed E-state index contributed by atoms with van der Waals surface area (Å²) in [6.45, 7) is 1.40. The monoisotopic (exact) mass is 491 g/mol. The Morgan fingerprint density at radius 3 is 2.75 bits per heavy atom. The molecule has 5 nitrogen and oxygen atoms in total. The van der Waals surface area contributed by atoms with Gasteiger partial charge in [-0.1, -0.05) is 18.2 Å². The molecule has 0 aliphatic heterocycles. The van der Waals surface area contributed by atoms with Gasteiger partial charge >= 0.3 is 0 Å². The first-order valence-electron chi connectivity index (χ1n) is 8.99. The second-order valence-corrected chi connectivity index (χ2v) is 6.49. The molecule has 0 aliphatic carbocycles. The molecule has 2 heterocycles. The van der Waals surface area contributed by atoms with Gasteiger partial charge in [-0.25, -0.2) is 4.39 Å². The van der Waals surface area contributed by atoms with E-state index >= 15 is 0 Å². The van der Waals surface area contributed by atoms with Crippen LogP contribution in [-0.2, 0) is 13.0 Å². The van der Waals surface area contributed by atoms with Crippen LogP contribution in [0.5, 0.6) is 0 Å². The zero-order valence-electron chi connectivity index (χ0n) is 15.6. The van der Waals surface area contributed by atoms with Crippen LogP contribution in [-0.4, -0.2) is 29.5 Å². The van der Waals surface area contributed by atoms with Crippen molar-refractivity contribution in [2.45, 2.75) is 13.0 Å². The number of benzene rings is 2. The number of fused-ring (bicyclic) bond motifs is 2. The van der Waals surface area contributed by atoms with Crippen molar-refractivity contribution in [3.63, 3.8) is 0 Å². The summed E-state index contributed by atoms with van der Waals surface area (Å²) >= 11 is 0. The number of hydrogen-bond acceptors (Lipinski definition) is 1. The zero-order valence-corrected chi connectivity index (χ0v) is 17.9. The molecular formula is C21H23FIN5. The molecule has 0 amide bonds. The molecule has 4 aromatic rings. The highest BCUT2D eigenvalue weighted by Gasteiger charge is 2.06. The van der Waals surface area contributed by atoms with E-state index in [0.717, 1.165) is 46.6 Å². The van der Waals surface area contributed by atoms with Crippen molar-refractivity contribution in [3.05, 3.63) is 71.8 Å². The van der Waals surface area contributed by atoms with Crippen LogP contribution in [0.25, 0.3) is 21.8 Å². The van der Waals surface area contributed by atoms with Gasteiger partial charge in [0, 0.05) is 41.9 Å². The molecule has 0 spiro atoms. The summed E-state index contributed by atoms with van der Waals surface area (Å²) in [7, 11) is 1.76. The van der Waals surface area contributed by atoms with E-state index in [1.807, 2.05) is 24.4 Å². The Morgan fingerprint density at radius 1 is 1.07 bits per heavy atom. The zero-order chi connectivity index (χ0) is 18.6. The molecule has 0 fully saturated rings. The van der Waals surface area contributed by atoms with Crippen molar-refractivity contribution in [1.29, 1.82) is 0 Å². The van der Waals surface area contributed by atoms with E-state index in [9.17, 15) is 4.39 Å². The molecule has 0 aliphatic rings. The van der Waals surface area contributed by atoms with Gasteiger partial charge in [-0.2, -0.15) is 0 Å². The maximum atomic E-state index is 13.3. The lowest BCUT2D eigenvalue weighted by molar-refractivity contribution is 0.629. The standard InChI is InChI=1S/C21H22FN5.HI/c1-23-21(26-13-17-10-14-4-2-3-5-19(14)27-17)24-9-8-15-12-25-20-11-16(22)6-7-18(15)20;/h2-7,10-12,25,27H,8-9,13H2,1H3,(H2,23,24,26);1H. The van der Waals surface area contributed by atoms with Crippen LogP contribution in [0.2, 0.25) is 0 Å². The Balaban J connectivity index is 0.00000225. The maximum absolute atomic E-state index is 13.3. The maximum Gasteiger partial charge on any atom is 0.191 e. The van der Waals surface area contributed by atoms with Gasteiger partial charge in [0.1, 0.15) is 5.82 Å². The molecule has 2 aromatic heterocycles. The highest BCUT2D eigenvalue weighted by atomic mass is 127. The first kappa shape index (κ1) is 20.2. The summed E-state index contributed by atoms with van der Waals surface area (Å²) in [6, 6.07) is 15.2. The van der Waals surface area contributed by atoms with Gasteiger partial charge in [-0.05, 0) is 47.7 Å². The van der Waals surface area contributed by atoms with Crippen molar-refractivity contribution in [2.75, 3.05) is 13.6 Å². The highest BCUT2D eigenvalue weighted by molar-refractivity contribution is 14.0. The molecule has 0 bridgehead atoms.